The SMILES string of the molecule is C[C@H](c1nc2ccccc2nc1NC(C)(C)C)[C@H]1CC[C@H]2[C@@H]3CCC4=CC(=O)CC[C@]4(C)[C@H]3CC[C@]12C. The van der Waals surface area contributed by atoms with Crippen molar-refractivity contribution in [3.8, 4) is 0 Å². The van der Waals surface area contributed by atoms with Crippen LogP contribution in [-0.2, 0) is 4.79 Å². The highest BCUT2D eigenvalue weighted by Gasteiger charge is 2.59. The molecule has 0 aliphatic heterocycles. The molecule has 4 nitrogen and oxygen atoms in total. The normalized spacial score (nSPS) is 36.4. The van der Waals surface area contributed by atoms with Gasteiger partial charge in [0.15, 0.2) is 5.78 Å². The van der Waals surface area contributed by atoms with E-state index in [1.807, 2.05) is 6.08 Å². The van der Waals surface area contributed by atoms with Gasteiger partial charge in [-0.05, 0) is 118 Å². The Labute approximate surface area is 223 Å². The number of ketones is 1. The molecule has 7 atom stereocenters. The smallest absolute Gasteiger partial charge is 0.155 e. The molecule has 2 aromatic rings. The highest BCUT2D eigenvalue weighted by Crippen LogP contribution is 2.68. The number of para-hydroxylation sites is 2. The Hall–Kier alpha value is -2.23. The number of anilines is 1. The van der Waals surface area contributed by atoms with Gasteiger partial charge in [-0.2, -0.15) is 0 Å². The number of nitrogens with one attached hydrogen (secondary N) is 1. The lowest BCUT2D eigenvalue weighted by atomic mass is 9.46. The molecule has 4 aliphatic rings. The largest absolute Gasteiger partial charge is 0.364 e. The molecule has 3 fully saturated rings. The topological polar surface area (TPSA) is 54.9 Å². The number of hydrogen-bond donors (Lipinski definition) is 1. The van der Waals surface area contributed by atoms with Crippen LogP contribution in [0, 0.1) is 34.5 Å². The third-order valence-electron chi connectivity index (χ3n) is 11.2. The van der Waals surface area contributed by atoms with Crippen molar-refractivity contribution in [3.63, 3.8) is 0 Å². The molecule has 0 spiro atoms. The zero-order valence-electron chi connectivity index (χ0n) is 23.7. The molecular formula is C33H45N3O. The van der Waals surface area contributed by atoms with E-state index in [0.717, 1.165) is 59.6 Å². The molecule has 1 aromatic heterocycles. The Morgan fingerprint density at radius 1 is 0.946 bits per heavy atom. The first-order valence-electron chi connectivity index (χ1n) is 14.8. The Morgan fingerprint density at radius 3 is 2.41 bits per heavy atom. The molecule has 1 aromatic carbocycles. The number of aromatic nitrogens is 2. The van der Waals surface area contributed by atoms with Gasteiger partial charge in [-0.25, -0.2) is 9.97 Å². The number of nitrogens with zero attached hydrogens (tertiary/aromatic N) is 2. The van der Waals surface area contributed by atoms with Crippen LogP contribution in [0.1, 0.15) is 105 Å². The second-order valence-electron chi connectivity index (χ2n) is 14.3. The maximum atomic E-state index is 12.2. The number of carbonyl (C=O) groups is 1. The summed E-state index contributed by atoms with van der Waals surface area (Å²) in [4.78, 5) is 22.6. The summed E-state index contributed by atoms with van der Waals surface area (Å²) < 4.78 is 0. The standard InChI is InChI=1S/C33H45N3O/c1-20(29-30(36-31(2,3)4)35-28-10-8-7-9-27(28)34-29)24-13-14-25-23-12-11-21-19-22(37)15-17-32(21,5)26(23)16-18-33(24,25)6/h7-10,19-20,23-26H,11-18H2,1-6H3,(H,35,36)/t20-,23-,24+,25-,26-,32-,33+/m0/s1. The predicted molar refractivity (Wildman–Crippen MR) is 152 cm³/mol. The van der Waals surface area contributed by atoms with Crippen molar-refractivity contribution >= 4 is 22.6 Å². The quantitative estimate of drug-likeness (QED) is 0.463. The van der Waals surface area contributed by atoms with E-state index in [0.29, 0.717) is 23.0 Å². The summed E-state index contributed by atoms with van der Waals surface area (Å²) >= 11 is 0. The van der Waals surface area contributed by atoms with Gasteiger partial charge in [0.1, 0.15) is 5.82 Å². The number of hydrogen-bond acceptors (Lipinski definition) is 4. The van der Waals surface area contributed by atoms with Crippen molar-refractivity contribution in [3.05, 3.63) is 41.6 Å². The molecule has 6 rings (SSSR count). The molecule has 0 saturated heterocycles. The molecule has 37 heavy (non-hydrogen) atoms. The molecule has 4 heteroatoms. The van der Waals surface area contributed by atoms with Gasteiger partial charge in [0.2, 0.25) is 0 Å². The van der Waals surface area contributed by atoms with Crippen molar-refractivity contribution in [1.82, 2.24) is 9.97 Å². The van der Waals surface area contributed by atoms with E-state index in [-0.39, 0.29) is 11.0 Å². The Kier molecular flexibility index (Phi) is 5.86. The second-order valence-corrected chi connectivity index (χ2v) is 14.3. The van der Waals surface area contributed by atoms with E-state index >= 15 is 0 Å². The highest BCUT2D eigenvalue weighted by molar-refractivity contribution is 5.91. The Balaban J connectivity index is 1.33. The number of carbonyl (C=O) groups excluding carboxylic acids is 1. The van der Waals surface area contributed by atoms with Gasteiger partial charge in [-0.15, -0.1) is 0 Å². The third kappa shape index (κ3) is 4.05. The first-order chi connectivity index (χ1) is 17.5. The number of fused-ring (bicyclic) bond motifs is 6. The monoisotopic (exact) mass is 499 g/mol. The van der Waals surface area contributed by atoms with Crippen molar-refractivity contribution in [1.29, 1.82) is 0 Å². The minimum absolute atomic E-state index is 0.0735. The zero-order valence-corrected chi connectivity index (χ0v) is 23.7. The van der Waals surface area contributed by atoms with Crippen LogP contribution in [0.25, 0.3) is 11.0 Å². The van der Waals surface area contributed by atoms with Gasteiger partial charge in [0.25, 0.3) is 0 Å². The maximum Gasteiger partial charge on any atom is 0.155 e. The van der Waals surface area contributed by atoms with E-state index in [9.17, 15) is 4.79 Å². The van der Waals surface area contributed by atoms with Crippen molar-refractivity contribution in [2.75, 3.05) is 5.32 Å². The lowest BCUT2D eigenvalue weighted by molar-refractivity contribution is -0.117. The second kappa shape index (κ2) is 8.64. The maximum absolute atomic E-state index is 12.2. The lowest BCUT2D eigenvalue weighted by Gasteiger charge is -2.58. The van der Waals surface area contributed by atoms with E-state index in [2.05, 4.69) is 71.1 Å². The zero-order chi connectivity index (χ0) is 26.2. The molecule has 1 heterocycles. The summed E-state index contributed by atoms with van der Waals surface area (Å²) in [5.74, 6) is 4.61. The van der Waals surface area contributed by atoms with E-state index in [4.69, 9.17) is 9.97 Å². The Bertz CT molecular complexity index is 1260. The highest BCUT2D eigenvalue weighted by atomic mass is 16.1. The molecule has 4 aliphatic carbocycles. The van der Waals surface area contributed by atoms with Gasteiger partial charge in [0.05, 0.1) is 16.7 Å². The summed E-state index contributed by atoms with van der Waals surface area (Å²) in [7, 11) is 0. The molecule has 0 radical (unpaired) electrons. The first kappa shape index (κ1) is 25.1. The number of benzene rings is 1. The van der Waals surface area contributed by atoms with Crippen LogP contribution in [0.15, 0.2) is 35.9 Å². The fraction of sp³-hybridized carbons (Fsp3) is 0.667. The van der Waals surface area contributed by atoms with Crippen LogP contribution in [-0.4, -0.2) is 21.3 Å². The molecular weight excluding hydrogens is 454 g/mol. The summed E-state index contributed by atoms with van der Waals surface area (Å²) in [6, 6.07) is 8.30. The molecule has 198 valence electrons. The van der Waals surface area contributed by atoms with Crippen LogP contribution >= 0.6 is 0 Å². The molecule has 1 N–H and O–H groups in total. The fourth-order valence-electron chi connectivity index (χ4n) is 9.39. The van der Waals surface area contributed by atoms with Crippen molar-refractivity contribution < 1.29 is 4.79 Å². The van der Waals surface area contributed by atoms with E-state index < -0.39 is 0 Å². The van der Waals surface area contributed by atoms with Gasteiger partial charge in [-0.3, -0.25) is 4.79 Å². The molecule has 3 saturated carbocycles. The predicted octanol–water partition coefficient (Wildman–Crippen LogP) is 8.09. The third-order valence-corrected chi connectivity index (χ3v) is 11.2. The summed E-state index contributed by atoms with van der Waals surface area (Å²) in [5.41, 5.74) is 5.10. The summed E-state index contributed by atoms with van der Waals surface area (Å²) in [6.07, 6.45) is 11.5. The van der Waals surface area contributed by atoms with Crippen LogP contribution in [0.5, 0.6) is 0 Å². The first-order valence-corrected chi connectivity index (χ1v) is 14.8. The van der Waals surface area contributed by atoms with Gasteiger partial charge in [0, 0.05) is 17.9 Å². The van der Waals surface area contributed by atoms with Crippen LogP contribution in [0.4, 0.5) is 5.82 Å². The minimum Gasteiger partial charge on any atom is -0.364 e. The van der Waals surface area contributed by atoms with E-state index in [1.165, 1.54) is 37.7 Å². The number of rotatable bonds is 3. The van der Waals surface area contributed by atoms with Crippen molar-refractivity contribution in [2.45, 2.75) is 104 Å². The van der Waals surface area contributed by atoms with Gasteiger partial charge in [-0.1, -0.05) is 38.5 Å². The van der Waals surface area contributed by atoms with Crippen LogP contribution in [0.2, 0.25) is 0 Å². The van der Waals surface area contributed by atoms with Crippen molar-refractivity contribution in [2.24, 2.45) is 34.5 Å². The summed E-state index contributed by atoms with van der Waals surface area (Å²) in [6.45, 7) is 14.2. The fourth-order valence-corrected chi connectivity index (χ4v) is 9.39. The van der Waals surface area contributed by atoms with Crippen LogP contribution in [0.3, 0.4) is 0 Å². The molecule has 0 unspecified atom stereocenters. The minimum atomic E-state index is -0.0735. The Morgan fingerprint density at radius 2 is 1.68 bits per heavy atom. The average molecular weight is 500 g/mol. The van der Waals surface area contributed by atoms with Gasteiger partial charge >= 0.3 is 0 Å². The molecule has 0 amide bonds. The van der Waals surface area contributed by atoms with Gasteiger partial charge < -0.3 is 5.32 Å². The number of allylic oxidation sites excluding steroid dienone is 1. The van der Waals surface area contributed by atoms with E-state index in [1.54, 1.807) is 0 Å². The summed E-state index contributed by atoms with van der Waals surface area (Å²) in [5, 5.41) is 3.71. The average Bonchev–Trinajstić information content (AvgIpc) is 3.20. The van der Waals surface area contributed by atoms with Crippen LogP contribution < -0.4 is 5.32 Å². The lowest BCUT2D eigenvalue weighted by Crippen LogP contribution is -2.50. The molecule has 0 bridgehead atoms.